The Morgan fingerprint density at radius 3 is 2.72 bits per heavy atom. The molecule has 2 aromatic rings. The van der Waals surface area contributed by atoms with Crippen molar-refractivity contribution in [1.82, 2.24) is 19.4 Å². The molecule has 1 aromatic carbocycles. The van der Waals surface area contributed by atoms with Crippen molar-refractivity contribution in [2.24, 2.45) is 5.16 Å². The highest BCUT2D eigenvalue weighted by Gasteiger charge is 2.23. The van der Waals surface area contributed by atoms with Gasteiger partial charge >= 0.3 is 0 Å². The van der Waals surface area contributed by atoms with Gasteiger partial charge in [0.15, 0.2) is 12.1 Å². The minimum Gasteiger partial charge on any atom is -0.394 e. The first-order valence-electron chi connectivity index (χ1n) is 13.9. The van der Waals surface area contributed by atoms with E-state index >= 15 is 0 Å². The second kappa shape index (κ2) is 14.8. The zero-order valence-electron chi connectivity index (χ0n) is 23.5. The molecule has 2 aliphatic rings. The summed E-state index contributed by atoms with van der Waals surface area (Å²) in [6.45, 7) is 14.3. The molecule has 2 fully saturated rings. The lowest BCUT2D eigenvalue weighted by molar-refractivity contribution is -0.187. The Kier molecular flexibility index (Phi) is 10.9. The quantitative estimate of drug-likeness (QED) is 0.155. The van der Waals surface area contributed by atoms with Crippen molar-refractivity contribution in [1.29, 1.82) is 0 Å². The highest BCUT2D eigenvalue weighted by atomic mass is 16.7. The van der Waals surface area contributed by atoms with Crippen molar-refractivity contribution >= 4 is 5.84 Å². The molecular formula is C31H41N5O3. The first-order valence-corrected chi connectivity index (χ1v) is 13.9. The van der Waals surface area contributed by atoms with E-state index in [0.29, 0.717) is 23.8 Å². The third kappa shape index (κ3) is 8.38. The van der Waals surface area contributed by atoms with Gasteiger partial charge in [-0.2, -0.15) is 0 Å². The SMILES string of the molecule is C=C/C=C(C#Cc1ccc(CN2CCN(C)CC2)cc1)\C(=N/OCC)n1ccnc1[C@H](C)OC1CCCCO1. The molecule has 2 aliphatic heterocycles. The van der Waals surface area contributed by atoms with Crippen LogP contribution in [-0.4, -0.2) is 77.9 Å². The van der Waals surface area contributed by atoms with Crippen LogP contribution in [0.4, 0.5) is 0 Å². The number of ether oxygens (including phenoxy) is 2. The lowest BCUT2D eigenvalue weighted by Crippen LogP contribution is -2.43. The number of rotatable bonds is 9. The van der Waals surface area contributed by atoms with E-state index in [1.165, 1.54) is 5.56 Å². The highest BCUT2D eigenvalue weighted by Crippen LogP contribution is 2.23. The van der Waals surface area contributed by atoms with E-state index in [2.05, 4.69) is 69.7 Å². The molecule has 8 nitrogen and oxygen atoms in total. The van der Waals surface area contributed by atoms with Crippen LogP contribution in [0.5, 0.6) is 0 Å². The van der Waals surface area contributed by atoms with Gasteiger partial charge in [0, 0.05) is 57.3 Å². The number of nitrogens with zero attached hydrogens (tertiary/aromatic N) is 5. The molecule has 2 saturated heterocycles. The van der Waals surface area contributed by atoms with Gasteiger partial charge in [0.05, 0.1) is 5.57 Å². The fourth-order valence-corrected chi connectivity index (χ4v) is 4.64. The van der Waals surface area contributed by atoms with Crippen molar-refractivity contribution in [2.45, 2.75) is 52.0 Å². The van der Waals surface area contributed by atoms with Gasteiger partial charge in [-0.15, -0.1) is 0 Å². The summed E-state index contributed by atoms with van der Waals surface area (Å²) in [6.07, 6.45) is 9.64. The van der Waals surface area contributed by atoms with Crippen LogP contribution < -0.4 is 0 Å². The molecule has 0 N–H and O–H groups in total. The molecule has 0 amide bonds. The van der Waals surface area contributed by atoms with Gasteiger partial charge in [-0.3, -0.25) is 9.47 Å². The van der Waals surface area contributed by atoms with Crippen molar-refractivity contribution in [2.75, 3.05) is 46.4 Å². The Bertz CT molecular complexity index is 1180. The normalized spacial score (nSPS) is 20.2. The third-order valence-corrected chi connectivity index (χ3v) is 6.86. The predicted octanol–water partition coefficient (Wildman–Crippen LogP) is 4.60. The number of hydrogen-bond acceptors (Lipinski definition) is 7. The summed E-state index contributed by atoms with van der Waals surface area (Å²) in [7, 11) is 2.18. The maximum Gasteiger partial charge on any atom is 0.193 e. The number of oxime groups is 1. The Hall–Kier alpha value is -3.22. The lowest BCUT2D eigenvalue weighted by atomic mass is 10.1. The summed E-state index contributed by atoms with van der Waals surface area (Å²) in [4.78, 5) is 14.9. The van der Waals surface area contributed by atoms with Crippen LogP contribution in [0.1, 0.15) is 56.2 Å². The van der Waals surface area contributed by atoms with Gasteiger partial charge in [-0.1, -0.05) is 41.8 Å². The second-order valence-corrected chi connectivity index (χ2v) is 9.90. The van der Waals surface area contributed by atoms with Gasteiger partial charge in [-0.05, 0) is 63.9 Å². The van der Waals surface area contributed by atoms with Gasteiger partial charge in [0.1, 0.15) is 18.5 Å². The fourth-order valence-electron chi connectivity index (χ4n) is 4.64. The van der Waals surface area contributed by atoms with Crippen LogP contribution in [0.3, 0.4) is 0 Å². The molecule has 0 aliphatic carbocycles. The minimum absolute atomic E-state index is 0.228. The molecule has 1 aromatic heterocycles. The molecule has 0 spiro atoms. The summed E-state index contributed by atoms with van der Waals surface area (Å²) >= 11 is 0. The summed E-state index contributed by atoms with van der Waals surface area (Å²) in [5.41, 5.74) is 2.89. The van der Waals surface area contributed by atoms with E-state index in [4.69, 9.17) is 14.3 Å². The molecule has 4 rings (SSSR count). The molecular weight excluding hydrogens is 490 g/mol. The van der Waals surface area contributed by atoms with E-state index in [1.807, 2.05) is 30.7 Å². The predicted molar refractivity (Wildman–Crippen MR) is 154 cm³/mol. The number of allylic oxidation sites excluding steroid dienone is 3. The smallest absolute Gasteiger partial charge is 0.193 e. The highest BCUT2D eigenvalue weighted by molar-refractivity contribution is 6.04. The zero-order valence-corrected chi connectivity index (χ0v) is 23.5. The van der Waals surface area contributed by atoms with Gasteiger partial charge in [-0.25, -0.2) is 4.98 Å². The van der Waals surface area contributed by atoms with Crippen molar-refractivity contribution in [3.05, 3.63) is 77.9 Å². The average Bonchev–Trinajstić information content (AvgIpc) is 3.44. The standard InChI is InChI=1S/C31H41N5O3/c1-5-9-28(16-15-26-11-13-27(14-12-26)24-35-21-19-34(4)20-22-35)31(33-38-6-2)36-18-17-32-30(36)25(3)39-29-10-7-8-23-37-29/h5,9,11-14,17-18,25,29H,1,6-8,10,19-24H2,2-4H3/b28-9-,33-31+/t25-,29?/m0/s1. The first kappa shape index (κ1) is 28.8. The number of imidazole rings is 1. The summed E-state index contributed by atoms with van der Waals surface area (Å²) in [6, 6.07) is 8.47. The van der Waals surface area contributed by atoms with Gasteiger partial charge in [0.25, 0.3) is 0 Å². The van der Waals surface area contributed by atoms with Crippen molar-refractivity contribution < 1.29 is 14.3 Å². The Balaban J connectivity index is 1.51. The van der Waals surface area contributed by atoms with Crippen LogP contribution in [0.25, 0.3) is 0 Å². The van der Waals surface area contributed by atoms with Crippen LogP contribution >= 0.6 is 0 Å². The molecule has 39 heavy (non-hydrogen) atoms. The van der Waals surface area contributed by atoms with Crippen LogP contribution in [0, 0.1) is 11.8 Å². The molecule has 8 heteroatoms. The Morgan fingerprint density at radius 2 is 2.03 bits per heavy atom. The number of aromatic nitrogens is 2. The Labute approximate surface area is 232 Å². The monoisotopic (exact) mass is 531 g/mol. The summed E-state index contributed by atoms with van der Waals surface area (Å²) < 4.78 is 13.8. The molecule has 0 bridgehead atoms. The van der Waals surface area contributed by atoms with Crippen LogP contribution in [0.2, 0.25) is 0 Å². The largest absolute Gasteiger partial charge is 0.394 e. The Morgan fingerprint density at radius 1 is 1.23 bits per heavy atom. The van der Waals surface area contributed by atoms with Gasteiger partial charge < -0.3 is 19.2 Å². The van der Waals surface area contributed by atoms with Crippen molar-refractivity contribution in [3.8, 4) is 11.8 Å². The molecule has 2 atom stereocenters. The number of hydrogen-bond donors (Lipinski definition) is 0. The van der Waals surface area contributed by atoms with E-state index in [-0.39, 0.29) is 12.4 Å². The molecule has 0 saturated carbocycles. The number of likely N-dealkylation sites (N-methyl/N-ethyl adjacent to an activating group) is 1. The molecule has 208 valence electrons. The van der Waals surface area contributed by atoms with E-state index in [0.717, 1.165) is 64.2 Å². The zero-order chi connectivity index (χ0) is 27.5. The molecule has 1 unspecified atom stereocenters. The van der Waals surface area contributed by atoms with Crippen LogP contribution in [0.15, 0.2) is 66.1 Å². The maximum atomic E-state index is 6.19. The average molecular weight is 532 g/mol. The van der Waals surface area contributed by atoms with E-state index in [9.17, 15) is 0 Å². The molecule has 3 heterocycles. The van der Waals surface area contributed by atoms with E-state index < -0.39 is 0 Å². The van der Waals surface area contributed by atoms with Gasteiger partial charge in [0.2, 0.25) is 0 Å². The second-order valence-electron chi connectivity index (χ2n) is 9.90. The number of benzene rings is 1. The third-order valence-electron chi connectivity index (χ3n) is 6.86. The molecule has 0 radical (unpaired) electrons. The lowest BCUT2D eigenvalue weighted by Gasteiger charge is -2.32. The topological polar surface area (TPSA) is 64.4 Å². The van der Waals surface area contributed by atoms with E-state index in [1.54, 1.807) is 12.3 Å². The summed E-state index contributed by atoms with van der Waals surface area (Å²) in [5, 5.41) is 4.42. The fraction of sp³-hybridized carbons (Fsp3) is 0.484. The maximum absolute atomic E-state index is 6.19. The number of piperazine rings is 1. The van der Waals surface area contributed by atoms with Crippen LogP contribution in [-0.2, 0) is 20.9 Å². The first-order chi connectivity index (χ1) is 19.1. The van der Waals surface area contributed by atoms with Crippen molar-refractivity contribution in [3.63, 3.8) is 0 Å². The summed E-state index contributed by atoms with van der Waals surface area (Å²) in [5.74, 6) is 7.81. The minimum atomic E-state index is -0.305.